The quantitative estimate of drug-likeness (QED) is 0.501. The third kappa shape index (κ3) is 5.46. The molecule has 4 atom stereocenters. The molecule has 2 heterocycles. The maximum Gasteiger partial charge on any atom is 0.335 e. The van der Waals surface area contributed by atoms with E-state index in [1.54, 1.807) is 18.7 Å². The molecule has 1 saturated heterocycles. The fourth-order valence-electron chi connectivity index (χ4n) is 3.42. The number of rotatable bonds is 10. The summed E-state index contributed by atoms with van der Waals surface area (Å²) in [5, 5.41) is 20.0. The molecule has 1 aliphatic heterocycles. The SMILES string of the molecule is CSCCO[C@@H]1[C@H](O)[C@@H](CO)O[C@H]1n1cc(C)c(=O)n(COCc2ccccc2)c1=O. The molecule has 1 aliphatic rings. The zero-order valence-corrected chi connectivity index (χ0v) is 18.4. The van der Waals surface area contributed by atoms with Gasteiger partial charge in [-0.2, -0.15) is 11.8 Å². The number of ether oxygens (including phenoxy) is 3. The second-order valence-electron chi connectivity index (χ2n) is 7.26. The van der Waals surface area contributed by atoms with Crippen LogP contribution in [0.3, 0.4) is 0 Å². The smallest absolute Gasteiger partial charge is 0.335 e. The van der Waals surface area contributed by atoms with E-state index >= 15 is 0 Å². The Bertz CT molecular complexity index is 962. The summed E-state index contributed by atoms with van der Waals surface area (Å²) >= 11 is 1.58. The molecule has 2 N–H and O–H groups in total. The molecule has 10 heteroatoms. The van der Waals surface area contributed by atoms with Crippen molar-refractivity contribution in [1.29, 1.82) is 0 Å². The van der Waals surface area contributed by atoms with Gasteiger partial charge in [0.1, 0.15) is 25.0 Å². The molecule has 9 nitrogen and oxygen atoms in total. The Balaban J connectivity index is 1.86. The highest BCUT2D eigenvalue weighted by Crippen LogP contribution is 2.31. The summed E-state index contributed by atoms with van der Waals surface area (Å²) in [5.74, 6) is 0.695. The summed E-state index contributed by atoms with van der Waals surface area (Å²) in [6.07, 6.45) is -0.540. The van der Waals surface area contributed by atoms with Crippen LogP contribution in [0, 0.1) is 6.92 Å². The second kappa shape index (κ2) is 11.1. The van der Waals surface area contributed by atoms with Gasteiger partial charge in [0.15, 0.2) is 6.23 Å². The zero-order chi connectivity index (χ0) is 22.4. The van der Waals surface area contributed by atoms with Gasteiger partial charge in [-0.1, -0.05) is 30.3 Å². The summed E-state index contributed by atoms with van der Waals surface area (Å²) in [5.41, 5.74) is 0.125. The van der Waals surface area contributed by atoms with Gasteiger partial charge in [-0.25, -0.2) is 9.36 Å². The molecule has 0 saturated carbocycles. The van der Waals surface area contributed by atoms with E-state index < -0.39 is 42.4 Å². The molecule has 1 aromatic carbocycles. The first-order valence-electron chi connectivity index (χ1n) is 9.97. The van der Waals surface area contributed by atoms with Crippen LogP contribution in [0.25, 0.3) is 0 Å². The highest BCUT2D eigenvalue weighted by Gasteiger charge is 2.45. The zero-order valence-electron chi connectivity index (χ0n) is 17.5. The van der Waals surface area contributed by atoms with Crippen molar-refractivity contribution in [2.45, 2.75) is 44.8 Å². The van der Waals surface area contributed by atoms with Crippen LogP contribution in [0.1, 0.15) is 17.4 Å². The van der Waals surface area contributed by atoms with Gasteiger partial charge in [-0.15, -0.1) is 0 Å². The lowest BCUT2D eigenvalue weighted by atomic mass is 10.1. The van der Waals surface area contributed by atoms with Crippen molar-refractivity contribution in [3.8, 4) is 0 Å². The lowest BCUT2D eigenvalue weighted by Gasteiger charge is -2.23. The van der Waals surface area contributed by atoms with E-state index in [2.05, 4.69) is 0 Å². The first kappa shape index (κ1) is 23.7. The molecule has 0 aliphatic carbocycles. The Labute approximate surface area is 184 Å². The van der Waals surface area contributed by atoms with Crippen LogP contribution in [-0.4, -0.2) is 62.9 Å². The van der Waals surface area contributed by atoms with Crippen molar-refractivity contribution < 1.29 is 24.4 Å². The average molecular weight is 453 g/mol. The van der Waals surface area contributed by atoms with Crippen LogP contribution in [0.15, 0.2) is 46.1 Å². The number of thioether (sulfide) groups is 1. The van der Waals surface area contributed by atoms with Gasteiger partial charge in [0.05, 0.1) is 19.8 Å². The number of aromatic nitrogens is 2. The van der Waals surface area contributed by atoms with Crippen molar-refractivity contribution in [3.63, 3.8) is 0 Å². The molecule has 0 spiro atoms. The highest BCUT2D eigenvalue weighted by molar-refractivity contribution is 7.98. The lowest BCUT2D eigenvalue weighted by Crippen LogP contribution is -2.45. The van der Waals surface area contributed by atoms with Crippen molar-refractivity contribution in [3.05, 3.63) is 68.5 Å². The number of benzene rings is 1. The molecule has 3 rings (SSSR count). The summed E-state index contributed by atoms with van der Waals surface area (Å²) < 4.78 is 19.3. The predicted molar refractivity (Wildman–Crippen MR) is 116 cm³/mol. The second-order valence-corrected chi connectivity index (χ2v) is 8.25. The summed E-state index contributed by atoms with van der Waals surface area (Å²) in [4.78, 5) is 25.7. The molecule has 31 heavy (non-hydrogen) atoms. The van der Waals surface area contributed by atoms with E-state index in [0.717, 1.165) is 10.1 Å². The van der Waals surface area contributed by atoms with E-state index in [9.17, 15) is 19.8 Å². The van der Waals surface area contributed by atoms with Crippen molar-refractivity contribution in [2.75, 3.05) is 25.2 Å². The molecule has 1 fully saturated rings. The highest BCUT2D eigenvalue weighted by atomic mass is 32.2. The van der Waals surface area contributed by atoms with E-state index in [-0.39, 0.29) is 13.3 Å². The minimum absolute atomic E-state index is 0.231. The molecule has 0 unspecified atom stereocenters. The molecule has 0 bridgehead atoms. The number of aliphatic hydroxyl groups is 2. The van der Waals surface area contributed by atoms with Gasteiger partial charge in [0.25, 0.3) is 5.56 Å². The lowest BCUT2D eigenvalue weighted by molar-refractivity contribution is -0.0727. The minimum atomic E-state index is -1.11. The summed E-state index contributed by atoms with van der Waals surface area (Å²) in [6.45, 7) is 1.52. The molecular weight excluding hydrogens is 424 g/mol. The van der Waals surface area contributed by atoms with E-state index in [0.29, 0.717) is 17.9 Å². The number of aliphatic hydroxyl groups excluding tert-OH is 2. The van der Waals surface area contributed by atoms with E-state index in [1.807, 2.05) is 36.6 Å². The normalized spacial score (nSPS) is 23.4. The number of hydrogen-bond donors (Lipinski definition) is 2. The molecule has 170 valence electrons. The number of aryl methyl sites for hydroxylation is 1. The fraction of sp³-hybridized carbons (Fsp3) is 0.524. The molecular formula is C21H28N2O7S. The Morgan fingerprint density at radius 3 is 2.65 bits per heavy atom. The van der Waals surface area contributed by atoms with Gasteiger partial charge in [-0.3, -0.25) is 9.36 Å². The largest absolute Gasteiger partial charge is 0.394 e. The first-order valence-corrected chi connectivity index (χ1v) is 11.4. The van der Waals surface area contributed by atoms with Crippen LogP contribution < -0.4 is 11.2 Å². The van der Waals surface area contributed by atoms with Gasteiger partial charge < -0.3 is 24.4 Å². The van der Waals surface area contributed by atoms with Crippen molar-refractivity contribution >= 4 is 11.8 Å². The van der Waals surface area contributed by atoms with Crippen LogP contribution in [0.2, 0.25) is 0 Å². The summed E-state index contributed by atoms with van der Waals surface area (Å²) in [6, 6.07) is 9.41. The molecule has 0 amide bonds. The monoisotopic (exact) mass is 452 g/mol. The Morgan fingerprint density at radius 1 is 1.23 bits per heavy atom. The maximum absolute atomic E-state index is 13.1. The van der Waals surface area contributed by atoms with Crippen LogP contribution in [0.5, 0.6) is 0 Å². The van der Waals surface area contributed by atoms with E-state index in [1.165, 1.54) is 10.8 Å². The first-order chi connectivity index (χ1) is 15.0. The Hall–Kier alpha value is -1.95. The van der Waals surface area contributed by atoms with Crippen molar-refractivity contribution in [1.82, 2.24) is 9.13 Å². The Kier molecular flexibility index (Phi) is 8.47. The maximum atomic E-state index is 13.1. The predicted octanol–water partition coefficient (Wildman–Crippen LogP) is 0.492. The average Bonchev–Trinajstić information content (AvgIpc) is 3.09. The van der Waals surface area contributed by atoms with Crippen LogP contribution in [-0.2, 0) is 27.5 Å². The van der Waals surface area contributed by atoms with Gasteiger partial charge in [0, 0.05) is 17.5 Å². The van der Waals surface area contributed by atoms with Crippen LogP contribution in [0.4, 0.5) is 0 Å². The molecule has 1 aromatic heterocycles. The van der Waals surface area contributed by atoms with Gasteiger partial charge >= 0.3 is 5.69 Å². The van der Waals surface area contributed by atoms with Gasteiger partial charge in [0.2, 0.25) is 0 Å². The minimum Gasteiger partial charge on any atom is -0.394 e. The van der Waals surface area contributed by atoms with Crippen LogP contribution >= 0.6 is 11.8 Å². The van der Waals surface area contributed by atoms with Crippen molar-refractivity contribution in [2.24, 2.45) is 0 Å². The third-order valence-corrected chi connectivity index (χ3v) is 5.64. The van der Waals surface area contributed by atoms with Gasteiger partial charge in [-0.05, 0) is 18.7 Å². The van der Waals surface area contributed by atoms with E-state index in [4.69, 9.17) is 14.2 Å². The number of nitrogens with zero attached hydrogens (tertiary/aromatic N) is 2. The molecule has 0 radical (unpaired) electrons. The summed E-state index contributed by atoms with van der Waals surface area (Å²) in [7, 11) is 0. The number of hydrogen-bond acceptors (Lipinski definition) is 8. The Morgan fingerprint density at radius 2 is 1.97 bits per heavy atom. The molecule has 2 aromatic rings. The standard InChI is InChI=1S/C21H28N2O7S/c1-14-10-22(20-18(29-8-9-31-2)17(25)16(11-24)30-20)21(27)23(19(14)26)13-28-12-15-6-4-3-5-7-15/h3-7,10,16-18,20,24-25H,8-9,11-13H2,1-2H3/t16-,17-,18-,20-/m1/s1. The third-order valence-electron chi connectivity index (χ3n) is 5.06. The topological polar surface area (TPSA) is 112 Å². The fourth-order valence-corrected chi connectivity index (χ4v) is 3.69.